The molecule has 4 rings (SSSR count). The molecule has 0 aliphatic carbocycles. The number of carbonyl (C=O) groups excluding carboxylic acids is 1. The lowest BCUT2D eigenvalue weighted by molar-refractivity contribution is 0.0914. The average molecular weight is 390 g/mol. The summed E-state index contributed by atoms with van der Waals surface area (Å²) >= 11 is 0. The van der Waals surface area contributed by atoms with E-state index in [0.29, 0.717) is 6.54 Å². The zero-order chi connectivity index (χ0) is 19.9. The summed E-state index contributed by atoms with van der Waals surface area (Å²) in [6, 6.07) is 14.4. The van der Waals surface area contributed by atoms with Crippen LogP contribution >= 0.6 is 0 Å². The molecule has 29 heavy (non-hydrogen) atoms. The summed E-state index contributed by atoms with van der Waals surface area (Å²) in [5.74, 6) is 0.751. The highest BCUT2D eigenvalue weighted by Crippen LogP contribution is 2.18. The molecule has 1 amide bonds. The molecule has 0 bridgehead atoms. The van der Waals surface area contributed by atoms with Gasteiger partial charge in [0.1, 0.15) is 5.76 Å². The molecule has 2 aromatic heterocycles. The van der Waals surface area contributed by atoms with Crippen molar-refractivity contribution in [3.63, 3.8) is 0 Å². The summed E-state index contributed by atoms with van der Waals surface area (Å²) < 4.78 is 5.80. The topological polar surface area (TPSA) is 71.3 Å². The Morgan fingerprint density at radius 3 is 2.66 bits per heavy atom. The first-order valence-corrected chi connectivity index (χ1v) is 10.2. The van der Waals surface area contributed by atoms with Gasteiger partial charge in [0.25, 0.3) is 5.89 Å². The largest absolute Gasteiger partial charge is 0.437 e. The van der Waals surface area contributed by atoms with Crippen molar-refractivity contribution in [2.24, 2.45) is 0 Å². The molecule has 0 unspecified atom stereocenters. The van der Waals surface area contributed by atoms with Gasteiger partial charge in [-0.2, -0.15) is 0 Å². The molecule has 3 aromatic rings. The van der Waals surface area contributed by atoms with Crippen LogP contribution in [0, 0.1) is 0 Å². The summed E-state index contributed by atoms with van der Waals surface area (Å²) in [6.45, 7) is 3.39. The van der Waals surface area contributed by atoms with E-state index in [1.165, 1.54) is 5.56 Å². The molecule has 0 fully saturated rings. The SMILES string of the molecule is O=C(NCc1ccncc1)c1nc2c(o1)CCN(CCCc1ccccc1)CC2. The second-order valence-corrected chi connectivity index (χ2v) is 7.36. The number of aromatic nitrogens is 2. The Morgan fingerprint density at radius 1 is 1.03 bits per heavy atom. The standard InChI is InChI=1S/C23H26N4O2/c28-22(25-17-19-8-12-24-13-9-19)23-26-20-10-15-27(16-11-21(20)29-23)14-4-7-18-5-2-1-3-6-18/h1-3,5-6,8-9,12-13H,4,7,10-11,14-17H2,(H,25,28). The number of carbonyl (C=O) groups is 1. The molecule has 1 aromatic carbocycles. The van der Waals surface area contributed by atoms with E-state index in [1.807, 2.05) is 12.1 Å². The molecule has 1 aliphatic heterocycles. The lowest BCUT2D eigenvalue weighted by Crippen LogP contribution is -2.28. The Kier molecular flexibility index (Phi) is 6.32. The maximum Gasteiger partial charge on any atom is 0.307 e. The molecule has 0 radical (unpaired) electrons. The predicted molar refractivity (Wildman–Crippen MR) is 111 cm³/mol. The number of hydrogen-bond acceptors (Lipinski definition) is 5. The van der Waals surface area contributed by atoms with Crippen molar-refractivity contribution in [1.29, 1.82) is 0 Å². The molecule has 150 valence electrons. The van der Waals surface area contributed by atoms with E-state index in [2.05, 4.69) is 50.5 Å². The first-order valence-electron chi connectivity index (χ1n) is 10.2. The van der Waals surface area contributed by atoms with Crippen molar-refractivity contribution < 1.29 is 9.21 Å². The van der Waals surface area contributed by atoms with Gasteiger partial charge in [0.05, 0.1) is 5.69 Å². The van der Waals surface area contributed by atoms with E-state index in [4.69, 9.17) is 4.42 Å². The van der Waals surface area contributed by atoms with E-state index in [9.17, 15) is 4.79 Å². The fourth-order valence-corrected chi connectivity index (χ4v) is 3.64. The Bertz CT molecular complexity index is 899. The van der Waals surface area contributed by atoms with E-state index >= 15 is 0 Å². The van der Waals surface area contributed by atoms with Crippen molar-refractivity contribution in [3.05, 3.63) is 83.3 Å². The lowest BCUT2D eigenvalue weighted by atomic mass is 10.1. The maximum atomic E-state index is 12.4. The number of oxazole rings is 1. The molecule has 1 N–H and O–H groups in total. The van der Waals surface area contributed by atoms with Gasteiger partial charge in [-0.1, -0.05) is 30.3 Å². The minimum absolute atomic E-state index is 0.168. The molecule has 3 heterocycles. The van der Waals surface area contributed by atoms with Crippen LogP contribution in [0.15, 0.2) is 59.3 Å². The molecule has 0 saturated carbocycles. The third kappa shape index (κ3) is 5.29. The highest BCUT2D eigenvalue weighted by atomic mass is 16.4. The van der Waals surface area contributed by atoms with Crippen molar-refractivity contribution in [1.82, 2.24) is 20.2 Å². The molecule has 0 atom stereocenters. The van der Waals surface area contributed by atoms with E-state index in [-0.39, 0.29) is 11.8 Å². The zero-order valence-corrected chi connectivity index (χ0v) is 16.5. The van der Waals surface area contributed by atoms with E-state index in [1.54, 1.807) is 12.4 Å². The monoisotopic (exact) mass is 390 g/mol. The van der Waals surface area contributed by atoms with Gasteiger partial charge < -0.3 is 14.6 Å². The number of amides is 1. The fourth-order valence-electron chi connectivity index (χ4n) is 3.64. The number of rotatable bonds is 7. The molecule has 6 heteroatoms. The minimum atomic E-state index is -0.269. The van der Waals surface area contributed by atoms with Crippen LogP contribution in [0.1, 0.15) is 39.7 Å². The summed E-state index contributed by atoms with van der Waals surface area (Å²) in [7, 11) is 0. The molecule has 0 saturated heterocycles. The average Bonchev–Trinajstić information content (AvgIpc) is 3.09. The third-order valence-electron chi connectivity index (χ3n) is 5.28. The quantitative estimate of drug-likeness (QED) is 0.671. The second-order valence-electron chi connectivity index (χ2n) is 7.36. The normalized spacial score (nSPS) is 14.2. The van der Waals surface area contributed by atoms with Crippen LogP contribution in [0.3, 0.4) is 0 Å². The van der Waals surface area contributed by atoms with Crippen LogP contribution in [0.5, 0.6) is 0 Å². The smallest absolute Gasteiger partial charge is 0.307 e. The summed E-state index contributed by atoms with van der Waals surface area (Å²) in [5, 5.41) is 2.86. The van der Waals surface area contributed by atoms with Crippen molar-refractivity contribution in [3.8, 4) is 0 Å². The van der Waals surface area contributed by atoms with Gasteiger partial charge in [-0.25, -0.2) is 4.98 Å². The summed E-state index contributed by atoms with van der Waals surface area (Å²) in [5.41, 5.74) is 3.30. The van der Waals surface area contributed by atoms with Gasteiger partial charge in [0.2, 0.25) is 0 Å². The van der Waals surface area contributed by atoms with Crippen LogP contribution in [-0.4, -0.2) is 40.4 Å². The van der Waals surface area contributed by atoms with Crippen LogP contribution in [0.2, 0.25) is 0 Å². The summed E-state index contributed by atoms with van der Waals surface area (Å²) in [4.78, 5) is 23.3. The maximum absolute atomic E-state index is 12.4. The van der Waals surface area contributed by atoms with Gasteiger partial charge in [0, 0.05) is 44.9 Å². The van der Waals surface area contributed by atoms with Crippen LogP contribution in [0.4, 0.5) is 0 Å². The zero-order valence-electron chi connectivity index (χ0n) is 16.5. The first kappa shape index (κ1) is 19.3. The molecule has 0 spiro atoms. The van der Waals surface area contributed by atoms with Gasteiger partial charge in [0.15, 0.2) is 0 Å². The Hall–Kier alpha value is -2.99. The number of aryl methyl sites for hydroxylation is 1. The fraction of sp³-hybridized carbons (Fsp3) is 0.348. The Labute approximate surface area is 171 Å². The van der Waals surface area contributed by atoms with Gasteiger partial charge in [-0.05, 0) is 42.6 Å². The molecule has 1 aliphatic rings. The predicted octanol–water partition coefficient (Wildman–Crippen LogP) is 3.03. The van der Waals surface area contributed by atoms with Crippen molar-refractivity contribution in [2.75, 3.05) is 19.6 Å². The van der Waals surface area contributed by atoms with E-state index in [0.717, 1.165) is 62.3 Å². The number of pyridine rings is 1. The number of hydrogen-bond donors (Lipinski definition) is 1. The van der Waals surface area contributed by atoms with Crippen LogP contribution < -0.4 is 5.32 Å². The lowest BCUT2D eigenvalue weighted by Gasteiger charge is -2.19. The van der Waals surface area contributed by atoms with Crippen molar-refractivity contribution in [2.45, 2.75) is 32.2 Å². The van der Waals surface area contributed by atoms with Crippen LogP contribution in [-0.2, 0) is 25.8 Å². The number of benzene rings is 1. The molecule has 6 nitrogen and oxygen atoms in total. The van der Waals surface area contributed by atoms with Gasteiger partial charge in [-0.3, -0.25) is 9.78 Å². The van der Waals surface area contributed by atoms with E-state index < -0.39 is 0 Å². The summed E-state index contributed by atoms with van der Waals surface area (Å²) in [6.07, 6.45) is 7.27. The first-order chi connectivity index (χ1) is 14.3. The minimum Gasteiger partial charge on any atom is -0.437 e. The number of nitrogens with one attached hydrogen (secondary N) is 1. The molecular formula is C23H26N4O2. The number of fused-ring (bicyclic) bond motifs is 1. The highest BCUT2D eigenvalue weighted by molar-refractivity contribution is 5.89. The highest BCUT2D eigenvalue weighted by Gasteiger charge is 2.22. The van der Waals surface area contributed by atoms with Gasteiger partial charge in [-0.15, -0.1) is 0 Å². The van der Waals surface area contributed by atoms with Crippen molar-refractivity contribution >= 4 is 5.91 Å². The van der Waals surface area contributed by atoms with Crippen LogP contribution in [0.25, 0.3) is 0 Å². The molecular weight excluding hydrogens is 364 g/mol. The third-order valence-corrected chi connectivity index (χ3v) is 5.28. The Balaban J connectivity index is 1.26. The Morgan fingerprint density at radius 2 is 1.83 bits per heavy atom. The number of nitrogens with zero attached hydrogens (tertiary/aromatic N) is 3. The second kappa shape index (κ2) is 9.47. The van der Waals surface area contributed by atoms with Gasteiger partial charge >= 0.3 is 5.91 Å².